The number of ether oxygens (including phenoxy) is 1. The number of para-hydroxylation sites is 2. The van der Waals surface area contributed by atoms with Crippen LogP contribution < -0.4 is 10.1 Å². The van der Waals surface area contributed by atoms with Crippen molar-refractivity contribution in [3.63, 3.8) is 0 Å². The minimum absolute atomic E-state index is 0.0247. The molecule has 0 aromatic heterocycles. The van der Waals surface area contributed by atoms with Gasteiger partial charge in [-0.1, -0.05) is 12.1 Å². The van der Waals surface area contributed by atoms with Crippen LogP contribution in [0.15, 0.2) is 24.3 Å². The predicted molar refractivity (Wildman–Crippen MR) is 58.1 cm³/mol. The molecule has 0 atom stereocenters. The minimum Gasteiger partial charge on any atom is -0.404 e. The summed E-state index contributed by atoms with van der Waals surface area (Å²) < 4.78 is 40.1. The molecule has 0 aliphatic carbocycles. The Bertz CT molecular complexity index is 407. The van der Waals surface area contributed by atoms with Crippen LogP contribution in [0.4, 0.5) is 18.9 Å². The van der Waals surface area contributed by atoms with Crippen molar-refractivity contribution in [1.29, 1.82) is 0 Å². The van der Waals surface area contributed by atoms with Crippen LogP contribution in [0.1, 0.15) is 12.8 Å². The second-order valence-corrected chi connectivity index (χ2v) is 3.42. The second-order valence-electron chi connectivity index (χ2n) is 3.42. The molecule has 0 spiro atoms. The van der Waals surface area contributed by atoms with Gasteiger partial charge in [0.05, 0.1) is 5.69 Å². The Morgan fingerprint density at radius 1 is 1.33 bits per heavy atom. The van der Waals surface area contributed by atoms with E-state index in [-0.39, 0.29) is 25.1 Å². The SMILES string of the molecule is O=C(CCCO)Nc1ccccc1OC(F)(F)F. The number of rotatable bonds is 5. The van der Waals surface area contributed by atoms with E-state index in [2.05, 4.69) is 10.1 Å². The lowest BCUT2D eigenvalue weighted by atomic mass is 10.2. The smallest absolute Gasteiger partial charge is 0.404 e. The molecule has 2 N–H and O–H groups in total. The van der Waals surface area contributed by atoms with Crippen molar-refractivity contribution >= 4 is 11.6 Å². The molecule has 1 amide bonds. The van der Waals surface area contributed by atoms with E-state index in [1.165, 1.54) is 18.2 Å². The molecule has 0 unspecified atom stereocenters. The zero-order valence-electron chi connectivity index (χ0n) is 9.33. The normalized spacial score (nSPS) is 11.1. The lowest BCUT2D eigenvalue weighted by Crippen LogP contribution is -2.19. The van der Waals surface area contributed by atoms with E-state index < -0.39 is 18.0 Å². The van der Waals surface area contributed by atoms with Crippen molar-refractivity contribution < 1.29 is 27.8 Å². The van der Waals surface area contributed by atoms with Gasteiger partial charge in [-0.3, -0.25) is 4.79 Å². The highest BCUT2D eigenvalue weighted by atomic mass is 19.4. The molecular formula is C11H12F3NO3. The largest absolute Gasteiger partial charge is 0.573 e. The van der Waals surface area contributed by atoms with Gasteiger partial charge in [-0.25, -0.2) is 0 Å². The van der Waals surface area contributed by atoms with Crippen LogP contribution in [-0.4, -0.2) is 24.0 Å². The molecule has 1 rings (SSSR count). The van der Waals surface area contributed by atoms with Gasteiger partial charge in [0.2, 0.25) is 5.91 Å². The topological polar surface area (TPSA) is 58.6 Å². The van der Waals surface area contributed by atoms with E-state index in [9.17, 15) is 18.0 Å². The number of benzene rings is 1. The number of amides is 1. The van der Waals surface area contributed by atoms with Gasteiger partial charge in [0.25, 0.3) is 0 Å². The van der Waals surface area contributed by atoms with Gasteiger partial charge in [-0.2, -0.15) is 0 Å². The third-order valence-corrected chi connectivity index (χ3v) is 1.95. The van der Waals surface area contributed by atoms with Crippen molar-refractivity contribution in [3.05, 3.63) is 24.3 Å². The first kappa shape index (κ1) is 14.3. The van der Waals surface area contributed by atoms with Crippen LogP contribution in [0.5, 0.6) is 5.75 Å². The van der Waals surface area contributed by atoms with Gasteiger partial charge >= 0.3 is 6.36 Å². The Hall–Kier alpha value is -1.76. The summed E-state index contributed by atoms with van der Waals surface area (Å²) >= 11 is 0. The molecule has 0 aliphatic rings. The number of carbonyl (C=O) groups is 1. The van der Waals surface area contributed by atoms with Gasteiger partial charge in [0, 0.05) is 13.0 Å². The van der Waals surface area contributed by atoms with Gasteiger partial charge in [0.15, 0.2) is 5.75 Å². The van der Waals surface area contributed by atoms with Crippen LogP contribution in [0.3, 0.4) is 0 Å². The van der Waals surface area contributed by atoms with E-state index >= 15 is 0 Å². The van der Waals surface area contributed by atoms with E-state index in [4.69, 9.17) is 5.11 Å². The molecule has 7 heteroatoms. The number of anilines is 1. The number of nitrogens with one attached hydrogen (secondary N) is 1. The van der Waals surface area contributed by atoms with Gasteiger partial charge in [-0.05, 0) is 18.6 Å². The quantitative estimate of drug-likeness (QED) is 0.857. The number of aliphatic hydroxyl groups excluding tert-OH is 1. The maximum atomic E-state index is 12.1. The summed E-state index contributed by atoms with van der Waals surface area (Å²) in [6, 6.07) is 5.25. The Morgan fingerprint density at radius 2 is 2.00 bits per heavy atom. The van der Waals surface area contributed by atoms with Gasteiger partial charge in [0.1, 0.15) is 0 Å². The summed E-state index contributed by atoms with van der Waals surface area (Å²) in [6.07, 6.45) is -4.54. The summed E-state index contributed by atoms with van der Waals surface area (Å²) in [6.45, 7) is -0.159. The molecule has 0 bridgehead atoms. The van der Waals surface area contributed by atoms with Gasteiger partial charge < -0.3 is 15.2 Å². The zero-order valence-corrected chi connectivity index (χ0v) is 9.33. The fourth-order valence-electron chi connectivity index (χ4n) is 1.24. The van der Waals surface area contributed by atoms with Crippen molar-refractivity contribution in [2.75, 3.05) is 11.9 Å². The zero-order chi connectivity index (χ0) is 13.6. The molecule has 0 heterocycles. The highest BCUT2D eigenvalue weighted by Crippen LogP contribution is 2.29. The lowest BCUT2D eigenvalue weighted by molar-refractivity contribution is -0.274. The number of alkyl halides is 3. The standard InChI is InChI=1S/C11H12F3NO3/c12-11(13,14)18-9-5-2-1-4-8(9)15-10(17)6-3-7-16/h1-2,4-5,16H,3,6-7H2,(H,15,17). The maximum absolute atomic E-state index is 12.1. The first-order chi connectivity index (χ1) is 8.42. The molecule has 0 aliphatic heterocycles. The second kappa shape index (κ2) is 6.25. The number of carbonyl (C=O) groups excluding carboxylic acids is 1. The van der Waals surface area contributed by atoms with E-state index in [1.54, 1.807) is 0 Å². The number of aliphatic hydroxyl groups is 1. The molecule has 0 fully saturated rings. The predicted octanol–water partition coefficient (Wildman–Crippen LogP) is 2.30. The number of halogens is 3. The molecule has 18 heavy (non-hydrogen) atoms. The van der Waals surface area contributed by atoms with Gasteiger partial charge in [-0.15, -0.1) is 13.2 Å². The Balaban J connectivity index is 2.73. The van der Waals surface area contributed by atoms with Crippen LogP contribution in [0, 0.1) is 0 Å². The summed E-state index contributed by atoms with van der Waals surface area (Å²) in [4.78, 5) is 11.3. The first-order valence-corrected chi connectivity index (χ1v) is 5.18. The number of hydrogen-bond acceptors (Lipinski definition) is 3. The van der Waals surface area contributed by atoms with Crippen LogP contribution in [0.25, 0.3) is 0 Å². The summed E-state index contributed by atoms with van der Waals surface area (Å²) in [5.41, 5.74) is -0.0576. The summed E-state index contributed by atoms with van der Waals surface area (Å²) in [7, 11) is 0. The fourth-order valence-corrected chi connectivity index (χ4v) is 1.24. The van der Waals surface area contributed by atoms with Crippen LogP contribution in [-0.2, 0) is 4.79 Å². The molecule has 100 valence electrons. The Kier molecular flexibility index (Phi) is 4.96. The first-order valence-electron chi connectivity index (χ1n) is 5.18. The molecule has 4 nitrogen and oxygen atoms in total. The van der Waals surface area contributed by atoms with Crippen molar-refractivity contribution in [3.8, 4) is 5.75 Å². The number of hydrogen-bond donors (Lipinski definition) is 2. The Morgan fingerprint density at radius 3 is 2.61 bits per heavy atom. The third kappa shape index (κ3) is 5.05. The molecule has 1 aromatic rings. The minimum atomic E-state index is -4.81. The van der Waals surface area contributed by atoms with Crippen molar-refractivity contribution in [2.45, 2.75) is 19.2 Å². The summed E-state index contributed by atoms with van der Waals surface area (Å²) in [5, 5.41) is 10.8. The Labute approximate surface area is 101 Å². The maximum Gasteiger partial charge on any atom is 0.573 e. The van der Waals surface area contributed by atoms with Crippen LogP contribution >= 0.6 is 0 Å². The third-order valence-electron chi connectivity index (χ3n) is 1.95. The van der Waals surface area contributed by atoms with Crippen molar-refractivity contribution in [1.82, 2.24) is 0 Å². The van der Waals surface area contributed by atoms with E-state index in [0.717, 1.165) is 6.07 Å². The monoisotopic (exact) mass is 263 g/mol. The molecule has 0 saturated carbocycles. The van der Waals surface area contributed by atoms with E-state index in [0.29, 0.717) is 0 Å². The molecular weight excluding hydrogens is 251 g/mol. The summed E-state index contributed by atoms with van der Waals surface area (Å²) in [5.74, 6) is -0.954. The molecule has 0 radical (unpaired) electrons. The average molecular weight is 263 g/mol. The average Bonchev–Trinajstić information content (AvgIpc) is 2.27. The lowest BCUT2D eigenvalue weighted by Gasteiger charge is -2.13. The van der Waals surface area contributed by atoms with E-state index in [1.807, 2.05) is 0 Å². The van der Waals surface area contributed by atoms with Crippen molar-refractivity contribution in [2.24, 2.45) is 0 Å². The highest BCUT2D eigenvalue weighted by molar-refractivity contribution is 5.92. The van der Waals surface area contributed by atoms with Crippen LogP contribution in [0.2, 0.25) is 0 Å². The molecule has 1 aromatic carbocycles. The highest BCUT2D eigenvalue weighted by Gasteiger charge is 2.32. The fraction of sp³-hybridized carbons (Fsp3) is 0.364. The molecule has 0 saturated heterocycles.